The van der Waals surface area contributed by atoms with Gasteiger partial charge in [-0.15, -0.1) is 0 Å². The lowest BCUT2D eigenvalue weighted by Crippen LogP contribution is -2.29. The normalized spacial score (nSPS) is 31.5. The van der Waals surface area contributed by atoms with Crippen LogP contribution in [0.3, 0.4) is 0 Å². The maximum absolute atomic E-state index is 10.2. The monoisotopic (exact) mass is 402 g/mol. The molecule has 3 aliphatic rings. The fourth-order valence-electron chi connectivity index (χ4n) is 5.92. The molecule has 2 unspecified atom stereocenters. The summed E-state index contributed by atoms with van der Waals surface area (Å²) in [5, 5.41) is 10.2. The van der Waals surface area contributed by atoms with Crippen molar-refractivity contribution in [1.29, 1.82) is 0 Å². The van der Waals surface area contributed by atoms with Crippen LogP contribution in [0, 0.1) is 11.3 Å². The van der Waals surface area contributed by atoms with Gasteiger partial charge in [-0.05, 0) is 99.7 Å². The van der Waals surface area contributed by atoms with E-state index in [0.717, 1.165) is 5.56 Å². The van der Waals surface area contributed by atoms with Crippen LogP contribution >= 0.6 is 0 Å². The van der Waals surface area contributed by atoms with Crippen molar-refractivity contribution in [1.82, 2.24) is 0 Å². The molecule has 1 nitrogen and oxygen atoms in total. The largest absolute Gasteiger partial charge is 0.386 e. The van der Waals surface area contributed by atoms with Crippen LogP contribution in [0.1, 0.15) is 89.7 Å². The molecule has 3 aliphatic carbocycles. The van der Waals surface area contributed by atoms with E-state index in [1.807, 2.05) is 13.8 Å². The number of rotatable bonds is 3. The van der Waals surface area contributed by atoms with Crippen molar-refractivity contribution in [2.75, 3.05) is 0 Å². The molecule has 0 saturated heterocycles. The molecule has 0 aromatic heterocycles. The highest BCUT2D eigenvalue weighted by Gasteiger charge is 2.45. The Morgan fingerprint density at radius 1 is 1.00 bits per heavy atom. The van der Waals surface area contributed by atoms with Crippen LogP contribution < -0.4 is 0 Å². The van der Waals surface area contributed by atoms with Gasteiger partial charge in [0.05, 0.1) is 5.60 Å². The van der Waals surface area contributed by atoms with Crippen molar-refractivity contribution >= 4 is 6.08 Å². The average molecular weight is 403 g/mol. The van der Waals surface area contributed by atoms with E-state index in [9.17, 15) is 5.11 Å². The molecular weight excluding hydrogens is 364 g/mol. The number of hydrogen-bond acceptors (Lipinski definition) is 1. The summed E-state index contributed by atoms with van der Waals surface area (Å²) in [6, 6.07) is 8.46. The molecule has 1 N–H and O–H groups in total. The Morgan fingerprint density at radius 3 is 2.43 bits per heavy atom. The summed E-state index contributed by atoms with van der Waals surface area (Å²) in [6.45, 7) is 10.5. The van der Waals surface area contributed by atoms with Gasteiger partial charge < -0.3 is 5.11 Å². The summed E-state index contributed by atoms with van der Waals surface area (Å²) in [6.07, 6.45) is 18.6. The molecule has 3 fully saturated rings. The highest BCUT2D eigenvalue weighted by atomic mass is 16.3. The van der Waals surface area contributed by atoms with Gasteiger partial charge in [0.2, 0.25) is 0 Å². The molecule has 4 rings (SSSR count). The first-order chi connectivity index (χ1) is 14.3. The molecule has 30 heavy (non-hydrogen) atoms. The average Bonchev–Trinajstić information content (AvgIpc) is 3.04. The van der Waals surface area contributed by atoms with Crippen molar-refractivity contribution in [3.8, 4) is 0 Å². The Morgan fingerprint density at radius 2 is 1.73 bits per heavy atom. The summed E-state index contributed by atoms with van der Waals surface area (Å²) in [4.78, 5) is 0. The van der Waals surface area contributed by atoms with Gasteiger partial charge in [0.1, 0.15) is 0 Å². The second-order valence-electron chi connectivity index (χ2n) is 10.5. The number of allylic oxidation sites excluding steroid dienone is 6. The minimum Gasteiger partial charge on any atom is -0.386 e. The second kappa shape index (κ2) is 8.35. The Kier molecular flexibility index (Phi) is 5.95. The highest BCUT2D eigenvalue weighted by molar-refractivity contribution is 5.57. The minimum absolute atomic E-state index is 0.293. The second-order valence-corrected chi connectivity index (χ2v) is 10.5. The Bertz CT molecular complexity index is 887. The molecular formula is C29H38O. The Labute approximate surface area is 183 Å². The van der Waals surface area contributed by atoms with E-state index in [0.29, 0.717) is 11.3 Å². The van der Waals surface area contributed by atoms with E-state index in [1.165, 1.54) is 74.5 Å². The molecule has 0 bridgehead atoms. The molecule has 1 aromatic carbocycles. The molecule has 3 saturated carbocycles. The van der Waals surface area contributed by atoms with Gasteiger partial charge in [-0.25, -0.2) is 0 Å². The topological polar surface area (TPSA) is 20.2 Å². The minimum atomic E-state index is -0.780. The van der Waals surface area contributed by atoms with E-state index >= 15 is 0 Å². The fraction of sp³-hybridized carbons (Fsp3) is 0.517. The van der Waals surface area contributed by atoms with Gasteiger partial charge >= 0.3 is 0 Å². The van der Waals surface area contributed by atoms with Crippen LogP contribution in [-0.2, 0) is 5.60 Å². The lowest BCUT2D eigenvalue weighted by atomic mass is 9.65. The SMILES string of the molecule is C=C1CCCC/C1=C/C=C1\CCCC2(C)/C(=C/c3ccc(C(C)(C)O)cc3)CCC12. The molecule has 2 atom stereocenters. The van der Waals surface area contributed by atoms with Crippen molar-refractivity contribution in [3.63, 3.8) is 0 Å². The molecule has 0 spiro atoms. The van der Waals surface area contributed by atoms with Crippen LogP contribution in [-0.4, -0.2) is 5.11 Å². The van der Waals surface area contributed by atoms with Crippen molar-refractivity contribution < 1.29 is 5.11 Å². The first kappa shape index (κ1) is 21.4. The Hall–Kier alpha value is -1.86. The summed E-state index contributed by atoms with van der Waals surface area (Å²) in [7, 11) is 0. The van der Waals surface area contributed by atoms with Gasteiger partial charge in [0.15, 0.2) is 0 Å². The van der Waals surface area contributed by atoms with Crippen molar-refractivity contribution in [2.24, 2.45) is 11.3 Å². The summed E-state index contributed by atoms with van der Waals surface area (Å²) in [5.41, 5.74) is 7.87. The summed E-state index contributed by atoms with van der Waals surface area (Å²) in [5.74, 6) is 0.682. The third-order valence-electron chi connectivity index (χ3n) is 7.90. The van der Waals surface area contributed by atoms with E-state index < -0.39 is 5.60 Å². The molecule has 1 heteroatoms. The van der Waals surface area contributed by atoms with E-state index in [4.69, 9.17) is 0 Å². The number of hydrogen-bond donors (Lipinski definition) is 1. The third kappa shape index (κ3) is 4.28. The number of benzene rings is 1. The van der Waals surface area contributed by atoms with Crippen molar-refractivity contribution in [2.45, 2.75) is 84.2 Å². The molecule has 0 aliphatic heterocycles. The van der Waals surface area contributed by atoms with E-state index in [1.54, 1.807) is 11.1 Å². The molecule has 0 amide bonds. The molecule has 0 heterocycles. The van der Waals surface area contributed by atoms with Crippen LogP contribution in [0.2, 0.25) is 0 Å². The maximum Gasteiger partial charge on any atom is 0.0840 e. The molecule has 0 radical (unpaired) electrons. The third-order valence-corrected chi connectivity index (χ3v) is 7.90. The fourth-order valence-corrected chi connectivity index (χ4v) is 5.92. The van der Waals surface area contributed by atoms with E-state index in [2.05, 4.69) is 56.0 Å². The summed E-state index contributed by atoms with van der Waals surface area (Å²) >= 11 is 0. The van der Waals surface area contributed by atoms with Crippen LogP contribution in [0.15, 0.2) is 65.3 Å². The quantitative estimate of drug-likeness (QED) is 0.545. The van der Waals surface area contributed by atoms with Crippen LogP contribution in [0.5, 0.6) is 0 Å². The number of aliphatic hydroxyl groups is 1. The first-order valence-corrected chi connectivity index (χ1v) is 11.9. The standard InChI is InChI=1S/C29H38O/c1-21-8-5-6-9-23(21)13-14-24-10-7-19-29(4)26(17-18-27(24)29)20-22-11-15-25(16-12-22)28(2,3)30/h11-16,20,27,30H,1,5-10,17-19H2,2-4H3/b23-13-,24-14+,26-20+. The zero-order valence-electron chi connectivity index (χ0n) is 19.1. The van der Waals surface area contributed by atoms with Gasteiger partial charge in [-0.2, -0.15) is 0 Å². The van der Waals surface area contributed by atoms with Gasteiger partial charge in [0.25, 0.3) is 0 Å². The maximum atomic E-state index is 10.2. The van der Waals surface area contributed by atoms with Crippen LogP contribution in [0.4, 0.5) is 0 Å². The van der Waals surface area contributed by atoms with Gasteiger partial charge in [0, 0.05) is 0 Å². The number of fused-ring (bicyclic) bond motifs is 1. The predicted molar refractivity (Wildman–Crippen MR) is 128 cm³/mol. The summed E-state index contributed by atoms with van der Waals surface area (Å²) < 4.78 is 0. The lowest BCUT2D eigenvalue weighted by molar-refractivity contribution is 0.0786. The highest BCUT2D eigenvalue weighted by Crippen LogP contribution is 2.57. The first-order valence-electron chi connectivity index (χ1n) is 11.9. The molecule has 1 aromatic rings. The van der Waals surface area contributed by atoms with Gasteiger partial charge in [-0.3, -0.25) is 0 Å². The predicted octanol–water partition coefficient (Wildman–Crippen LogP) is 7.88. The zero-order chi connectivity index (χ0) is 21.4. The van der Waals surface area contributed by atoms with E-state index in [-0.39, 0.29) is 0 Å². The smallest absolute Gasteiger partial charge is 0.0840 e. The zero-order valence-corrected chi connectivity index (χ0v) is 19.1. The van der Waals surface area contributed by atoms with Gasteiger partial charge in [-0.1, -0.05) is 72.7 Å². The van der Waals surface area contributed by atoms with Crippen molar-refractivity contribution in [3.05, 3.63) is 76.4 Å². The lowest BCUT2D eigenvalue weighted by Gasteiger charge is -2.39. The molecule has 160 valence electrons. The Balaban J connectivity index is 1.56. The van der Waals surface area contributed by atoms with Crippen LogP contribution in [0.25, 0.3) is 6.08 Å².